The van der Waals surface area contributed by atoms with E-state index in [0.717, 1.165) is 0 Å². The van der Waals surface area contributed by atoms with Gasteiger partial charge >= 0.3 is 5.97 Å². The smallest absolute Gasteiger partial charge is 0.310 e. The molecule has 130 valence electrons. The maximum absolute atomic E-state index is 12.6. The van der Waals surface area contributed by atoms with Crippen LogP contribution in [0.2, 0.25) is 0 Å². The lowest BCUT2D eigenvalue weighted by atomic mass is 9.94. The zero-order valence-corrected chi connectivity index (χ0v) is 15.2. The SMILES string of the molecule is CCOC(=O)C1CCNC1c1ccccc1S(=O)(=O)C(C)C.Cl. The molecule has 23 heavy (non-hydrogen) atoms. The van der Waals surface area contributed by atoms with Gasteiger partial charge in [-0.25, -0.2) is 8.42 Å². The number of ether oxygens (including phenoxy) is 1. The Kier molecular flexibility index (Phi) is 7.04. The molecule has 1 N–H and O–H groups in total. The van der Waals surface area contributed by atoms with Gasteiger partial charge < -0.3 is 10.1 Å². The van der Waals surface area contributed by atoms with E-state index >= 15 is 0 Å². The summed E-state index contributed by atoms with van der Waals surface area (Å²) in [6.45, 7) is 6.10. The number of rotatable bonds is 5. The number of hydrogen-bond donors (Lipinski definition) is 1. The molecule has 2 unspecified atom stereocenters. The minimum Gasteiger partial charge on any atom is -0.466 e. The quantitative estimate of drug-likeness (QED) is 0.816. The third-order valence-corrected chi connectivity index (χ3v) is 6.22. The first-order valence-electron chi connectivity index (χ1n) is 7.62. The maximum atomic E-state index is 12.6. The Morgan fingerprint density at radius 1 is 1.35 bits per heavy atom. The first-order valence-corrected chi connectivity index (χ1v) is 9.17. The zero-order valence-electron chi connectivity index (χ0n) is 13.6. The fraction of sp³-hybridized carbons (Fsp3) is 0.562. The number of esters is 1. The molecule has 0 aliphatic carbocycles. The second kappa shape index (κ2) is 8.13. The summed E-state index contributed by atoms with van der Waals surface area (Å²) in [4.78, 5) is 12.4. The maximum Gasteiger partial charge on any atom is 0.310 e. The first kappa shape index (κ1) is 19.9. The lowest BCUT2D eigenvalue weighted by Crippen LogP contribution is -2.27. The lowest BCUT2D eigenvalue weighted by Gasteiger charge is -2.22. The molecule has 1 fully saturated rings. The van der Waals surface area contributed by atoms with Crippen LogP contribution in [0.1, 0.15) is 38.8 Å². The molecule has 0 bridgehead atoms. The van der Waals surface area contributed by atoms with Crippen molar-refractivity contribution in [3.63, 3.8) is 0 Å². The van der Waals surface area contributed by atoms with Crippen molar-refractivity contribution in [2.45, 2.75) is 43.4 Å². The van der Waals surface area contributed by atoms with Gasteiger partial charge in [-0.15, -0.1) is 12.4 Å². The van der Waals surface area contributed by atoms with E-state index in [1.54, 1.807) is 45.0 Å². The summed E-state index contributed by atoms with van der Waals surface area (Å²) in [5.41, 5.74) is 0.659. The van der Waals surface area contributed by atoms with Crippen LogP contribution in [0.25, 0.3) is 0 Å². The molecule has 2 atom stereocenters. The molecule has 1 aromatic carbocycles. The van der Waals surface area contributed by atoms with E-state index in [1.807, 2.05) is 0 Å². The van der Waals surface area contributed by atoms with Crippen LogP contribution in [-0.4, -0.2) is 32.8 Å². The summed E-state index contributed by atoms with van der Waals surface area (Å²) in [5.74, 6) is -0.613. The van der Waals surface area contributed by atoms with Crippen molar-refractivity contribution in [1.82, 2.24) is 5.32 Å². The van der Waals surface area contributed by atoms with Gasteiger partial charge in [0.25, 0.3) is 0 Å². The number of carbonyl (C=O) groups is 1. The summed E-state index contributed by atoms with van der Waals surface area (Å²) < 4.78 is 30.3. The number of carbonyl (C=O) groups excluding carboxylic acids is 1. The summed E-state index contributed by atoms with van der Waals surface area (Å²) in [7, 11) is -3.40. The highest BCUT2D eigenvalue weighted by atomic mass is 35.5. The Balaban J connectivity index is 0.00000264. The molecule has 0 spiro atoms. The monoisotopic (exact) mass is 361 g/mol. The Bertz CT molecular complexity index is 645. The molecule has 7 heteroatoms. The molecule has 1 saturated heterocycles. The lowest BCUT2D eigenvalue weighted by molar-refractivity contribution is -0.148. The van der Waals surface area contributed by atoms with Crippen LogP contribution in [0.3, 0.4) is 0 Å². The number of sulfone groups is 1. The second-order valence-corrected chi connectivity index (χ2v) is 8.18. The molecule has 1 heterocycles. The van der Waals surface area contributed by atoms with Gasteiger partial charge in [-0.1, -0.05) is 18.2 Å². The van der Waals surface area contributed by atoms with Crippen molar-refractivity contribution in [1.29, 1.82) is 0 Å². The Morgan fingerprint density at radius 3 is 2.61 bits per heavy atom. The van der Waals surface area contributed by atoms with Crippen LogP contribution >= 0.6 is 12.4 Å². The van der Waals surface area contributed by atoms with Crippen LogP contribution in [0.4, 0.5) is 0 Å². The summed E-state index contributed by atoms with van der Waals surface area (Å²) in [6, 6.07) is 6.60. The normalized spacial score (nSPS) is 21.0. The Morgan fingerprint density at radius 2 is 2.00 bits per heavy atom. The van der Waals surface area contributed by atoms with Gasteiger partial charge in [0.2, 0.25) is 0 Å². The molecule has 2 rings (SSSR count). The van der Waals surface area contributed by atoms with Gasteiger partial charge in [0.15, 0.2) is 9.84 Å². The van der Waals surface area contributed by atoms with E-state index in [1.165, 1.54) is 0 Å². The zero-order chi connectivity index (χ0) is 16.3. The molecule has 0 amide bonds. The van der Waals surface area contributed by atoms with Gasteiger partial charge in [-0.3, -0.25) is 4.79 Å². The molecule has 0 aromatic heterocycles. The second-order valence-electron chi connectivity index (χ2n) is 5.71. The van der Waals surface area contributed by atoms with Crippen LogP contribution in [0.5, 0.6) is 0 Å². The van der Waals surface area contributed by atoms with Crippen molar-refractivity contribution in [2.75, 3.05) is 13.2 Å². The average molecular weight is 362 g/mol. The van der Waals surface area contributed by atoms with E-state index in [2.05, 4.69) is 5.32 Å². The minimum absolute atomic E-state index is 0. The Hall–Kier alpha value is -1.11. The predicted molar refractivity (Wildman–Crippen MR) is 91.5 cm³/mol. The van der Waals surface area contributed by atoms with Crippen LogP contribution in [0.15, 0.2) is 29.2 Å². The van der Waals surface area contributed by atoms with Gasteiger partial charge in [0.05, 0.1) is 22.7 Å². The van der Waals surface area contributed by atoms with Gasteiger partial charge in [0, 0.05) is 6.04 Å². The third kappa shape index (κ3) is 4.05. The molecule has 1 aliphatic rings. The summed E-state index contributed by atoms with van der Waals surface area (Å²) >= 11 is 0. The third-order valence-electron chi connectivity index (χ3n) is 3.99. The van der Waals surface area contributed by atoms with Gasteiger partial charge in [-0.2, -0.15) is 0 Å². The molecule has 0 radical (unpaired) electrons. The van der Waals surface area contributed by atoms with Crippen LogP contribution in [-0.2, 0) is 19.4 Å². The molecule has 1 aliphatic heterocycles. The fourth-order valence-corrected chi connectivity index (χ4v) is 4.08. The molecular formula is C16H24ClNO4S. The van der Waals surface area contributed by atoms with Crippen molar-refractivity contribution in [3.8, 4) is 0 Å². The van der Waals surface area contributed by atoms with Crippen molar-refractivity contribution < 1.29 is 17.9 Å². The molecular weight excluding hydrogens is 338 g/mol. The van der Waals surface area contributed by atoms with Gasteiger partial charge in [-0.05, 0) is 45.4 Å². The van der Waals surface area contributed by atoms with E-state index < -0.39 is 15.1 Å². The van der Waals surface area contributed by atoms with Crippen molar-refractivity contribution in [2.24, 2.45) is 5.92 Å². The van der Waals surface area contributed by atoms with Crippen LogP contribution in [0, 0.1) is 5.92 Å². The highest BCUT2D eigenvalue weighted by molar-refractivity contribution is 7.92. The topological polar surface area (TPSA) is 72.5 Å². The van der Waals surface area contributed by atoms with E-state index in [9.17, 15) is 13.2 Å². The molecule has 5 nitrogen and oxygen atoms in total. The number of hydrogen-bond acceptors (Lipinski definition) is 5. The van der Waals surface area contributed by atoms with E-state index in [-0.39, 0.29) is 30.3 Å². The number of benzene rings is 1. The Labute approximate surface area is 144 Å². The summed E-state index contributed by atoms with van der Waals surface area (Å²) in [5, 5.41) is 2.74. The van der Waals surface area contributed by atoms with Gasteiger partial charge in [0.1, 0.15) is 0 Å². The van der Waals surface area contributed by atoms with E-state index in [4.69, 9.17) is 4.74 Å². The number of nitrogens with one attached hydrogen (secondary N) is 1. The van der Waals surface area contributed by atoms with E-state index in [0.29, 0.717) is 30.0 Å². The average Bonchev–Trinajstić information content (AvgIpc) is 2.96. The molecule has 0 saturated carbocycles. The summed E-state index contributed by atoms with van der Waals surface area (Å²) in [6.07, 6.45) is 0.652. The largest absolute Gasteiger partial charge is 0.466 e. The minimum atomic E-state index is -3.40. The highest BCUT2D eigenvalue weighted by Crippen LogP contribution is 2.35. The van der Waals surface area contributed by atoms with Crippen molar-refractivity contribution >= 4 is 28.2 Å². The molecule has 1 aromatic rings. The predicted octanol–water partition coefficient (Wildman–Crippen LogP) is 2.50. The fourth-order valence-electron chi connectivity index (χ4n) is 2.78. The first-order chi connectivity index (χ1) is 10.4. The number of halogens is 1. The van der Waals surface area contributed by atoms with Crippen LogP contribution < -0.4 is 5.32 Å². The van der Waals surface area contributed by atoms with Crippen molar-refractivity contribution in [3.05, 3.63) is 29.8 Å². The standard InChI is InChI=1S/C16H23NO4S.ClH/c1-4-21-16(18)13-9-10-17-15(13)12-7-5-6-8-14(12)22(19,20)11(2)3;/h5-8,11,13,15,17H,4,9-10H2,1-3H3;1H. The highest BCUT2D eigenvalue weighted by Gasteiger charge is 2.37.